The van der Waals surface area contributed by atoms with Crippen LogP contribution < -0.4 is 16.3 Å². The quantitative estimate of drug-likeness (QED) is 0.549. The normalized spacial score (nSPS) is 18.9. The number of hydrogen-bond acceptors (Lipinski definition) is 6. The van der Waals surface area contributed by atoms with E-state index in [1.165, 1.54) is 50.8 Å². The van der Waals surface area contributed by atoms with E-state index < -0.39 is 0 Å². The van der Waals surface area contributed by atoms with Gasteiger partial charge in [0.2, 0.25) is 5.95 Å². The van der Waals surface area contributed by atoms with Gasteiger partial charge in [-0.25, -0.2) is 9.78 Å². The van der Waals surface area contributed by atoms with Crippen LogP contribution in [0.25, 0.3) is 11.2 Å². The summed E-state index contributed by atoms with van der Waals surface area (Å²) >= 11 is 0. The highest BCUT2D eigenvalue weighted by molar-refractivity contribution is 5.72. The third-order valence-corrected chi connectivity index (χ3v) is 6.92. The summed E-state index contributed by atoms with van der Waals surface area (Å²) in [5.74, 6) is 0.512. The molecule has 3 N–H and O–H groups in total. The molecule has 1 saturated carbocycles. The van der Waals surface area contributed by atoms with Crippen LogP contribution in [0.1, 0.15) is 56.6 Å². The molecule has 1 aliphatic carbocycles. The van der Waals surface area contributed by atoms with Crippen LogP contribution in [0.4, 0.5) is 11.6 Å². The lowest BCUT2D eigenvalue weighted by molar-refractivity contribution is 0.234. The van der Waals surface area contributed by atoms with Gasteiger partial charge in [0.25, 0.3) is 0 Å². The molecule has 170 valence electrons. The molecule has 1 saturated heterocycles. The summed E-state index contributed by atoms with van der Waals surface area (Å²) in [6.07, 6.45) is 9.77. The number of nitrogens with one attached hydrogen (secondary N) is 3. The van der Waals surface area contributed by atoms with Gasteiger partial charge in [-0.15, -0.1) is 0 Å². The van der Waals surface area contributed by atoms with Gasteiger partial charge in [0.15, 0.2) is 5.65 Å². The number of aromatic amines is 1. The fourth-order valence-electron chi connectivity index (χ4n) is 4.96. The molecular weight excluding hydrogens is 402 g/mol. The van der Waals surface area contributed by atoms with Crippen molar-refractivity contribution < 1.29 is 0 Å². The minimum Gasteiger partial charge on any atom is -0.324 e. The van der Waals surface area contributed by atoms with Crippen molar-refractivity contribution in [3.8, 4) is 0 Å². The Morgan fingerprint density at radius 3 is 2.56 bits per heavy atom. The summed E-state index contributed by atoms with van der Waals surface area (Å²) < 4.78 is 1.83. The van der Waals surface area contributed by atoms with Crippen LogP contribution in [0.5, 0.6) is 0 Å². The monoisotopic (exact) mass is 435 g/mol. The van der Waals surface area contributed by atoms with E-state index in [0.717, 1.165) is 25.1 Å². The molecule has 1 aromatic carbocycles. The summed E-state index contributed by atoms with van der Waals surface area (Å²) in [7, 11) is 2.19. The number of hydrogen-bond donors (Lipinski definition) is 3. The molecule has 1 aliphatic heterocycles. The Kier molecular flexibility index (Phi) is 6.23. The predicted octanol–water partition coefficient (Wildman–Crippen LogP) is 3.55. The van der Waals surface area contributed by atoms with Crippen molar-refractivity contribution >= 4 is 22.8 Å². The highest BCUT2D eigenvalue weighted by atomic mass is 16.1. The molecule has 2 aliphatic rings. The molecule has 8 nitrogen and oxygen atoms in total. The first-order valence-electron chi connectivity index (χ1n) is 11.9. The van der Waals surface area contributed by atoms with Crippen LogP contribution in [0.2, 0.25) is 0 Å². The first-order chi connectivity index (χ1) is 15.7. The zero-order valence-electron chi connectivity index (χ0n) is 18.8. The number of fused-ring (bicyclic) bond motifs is 1. The van der Waals surface area contributed by atoms with Gasteiger partial charge in [-0.1, -0.05) is 31.4 Å². The van der Waals surface area contributed by atoms with E-state index in [4.69, 9.17) is 0 Å². The molecule has 8 heteroatoms. The number of aromatic nitrogens is 4. The molecule has 0 atom stereocenters. The SMILES string of the molecule is CN1CCC(NCc2ccc(Nc3ncc4[nH]c(=O)n(C5CCCCC5)c4n3)cc2)CC1. The number of imidazole rings is 1. The summed E-state index contributed by atoms with van der Waals surface area (Å²) in [5.41, 5.74) is 3.51. The van der Waals surface area contributed by atoms with Crippen LogP contribution in [-0.4, -0.2) is 50.6 Å². The molecule has 2 aromatic heterocycles. The zero-order chi connectivity index (χ0) is 21.9. The van der Waals surface area contributed by atoms with Gasteiger partial charge in [0.1, 0.15) is 5.52 Å². The molecule has 0 bridgehead atoms. The van der Waals surface area contributed by atoms with E-state index in [2.05, 4.69) is 61.8 Å². The zero-order valence-corrected chi connectivity index (χ0v) is 18.8. The van der Waals surface area contributed by atoms with E-state index in [9.17, 15) is 4.79 Å². The van der Waals surface area contributed by atoms with Gasteiger partial charge in [0.05, 0.1) is 6.20 Å². The summed E-state index contributed by atoms with van der Waals surface area (Å²) in [6.45, 7) is 3.22. The van der Waals surface area contributed by atoms with Crippen LogP contribution in [0, 0.1) is 0 Å². The Balaban J connectivity index is 1.25. The second-order valence-electron chi connectivity index (χ2n) is 9.30. The van der Waals surface area contributed by atoms with Gasteiger partial charge in [0, 0.05) is 24.3 Å². The van der Waals surface area contributed by atoms with Crippen molar-refractivity contribution in [2.45, 2.75) is 63.6 Å². The van der Waals surface area contributed by atoms with E-state index >= 15 is 0 Å². The van der Waals surface area contributed by atoms with Crippen molar-refractivity contribution in [2.24, 2.45) is 0 Å². The van der Waals surface area contributed by atoms with Crippen LogP contribution in [-0.2, 0) is 6.54 Å². The Bertz CT molecular complexity index is 1090. The standard InChI is InChI=1S/C24H33N7O/c1-30-13-11-18(12-14-30)25-15-17-7-9-19(10-8-17)27-23-26-16-21-22(29-23)31(24(32)28-21)20-5-3-2-4-6-20/h7-10,16,18,20,25H,2-6,11-15H2,1H3,(H,28,32)(H,26,27,29). The lowest BCUT2D eigenvalue weighted by Gasteiger charge is -2.29. The largest absolute Gasteiger partial charge is 0.327 e. The molecule has 0 unspecified atom stereocenters. The summed E-state index contributed by atoms with van der Waals surface area (Å²) in [4.78, 5) is 26.9. The Labute approximate surface area is 188 Å². The summed E-state index contributed by atoms with van der Waals surface area (Å²) in [6, 6.07) is 9.22. The molecule has 0 spiro atoms. The van der Waals surface area contributed by atoms with E-state index in [0.29, 0.717) is 23.2 Å². The molecule has 3 heterocycles. The van der Waals surface area contributed by atoms with E-state index in [-0.39, 0.29) is 11.7 Å². The minimum atomic E-state index is -0.0835. The van der Waals surface area contributed by atoms with Crippen molar-refractivity contribution in [1.82, 2.24) is 29.7 Å². The second-order valence-corrected chi connectivity index (χ2v) is 9.30. The van der Waals surface area contributed by atoms with Gasteiger partial charge in [-0.2, -0.15) is 4.98 Å². The number of H-pyrrole nitrogens is 1. The molecule has 0 amide bonds. The number of rotatable bonds is 6. The second kappa shape index (κ2) is 9.42. The number of piperidine rings is 1. The smallest absolute Gasteiger partial charge is 0.324 e. The first kappa shape index (κ1) is 21.2. The third-order valence-electron chi connectivity index (χ3n) is 6.92. The Hall–Kier alpha value is -2.71. The lowest BCUT2D eigenvalue weighted by Crippen LogP contribution is -2.40. The van der Waals surface area contributed by atoms with Crippen molar-refractivity contribution in [3.63, 3.8) is 0 Å². The van der Waals surface area contributed by atoms with Gasteiger partial charge >= 0.3 is 5.69 Å². The predicted molar refractivity (Wildman–Crippen MR) is 127 cm³/mol. The minimum absolute atomic E-state index is 0.0835. The number of likely N-dealkylation sites (tertiary alicyclic amines) is 1. The fourth-order valence-corrected chi connectivity index (χ4v) is 4.96. The number of anilines is 2. The first-order valence-corrected chi connectivity index (χ1v) is 11.9. The molecule has 32 heavy (non-hydrogen) atoms. The maximum atomic E-state index is 12.5. The topological polar surface area (TPSA) is 90.9 Å². The van der Waals surface area contributed by atoms with Crippen LogP contribution in [0.3, 0.4) is 0 Å². The van der Waals surface area contributed by atoms with Crippen molar-refractivity contribution in [1.29, 1.82) is 0 Å². The number of benzene rings is 1. The van der Waals surface area contributed by atoms with Crippen LogP contribution >= 0.6 is 0 Å². The Morgan fingerprint density at radius 1 is 1.06 bits per heavy atom. The van der Waals surface area contributed by atoms with Gasteiger partial charge < -0.3 is 20.5 Å². The highest BCUT2D eigenvalue weighted by Gasteiger charge is 2.21. The average Bonchev–Trinajstić information content (AvgIpc) is 3.15. The van der Waals surface area contributed by atoms with Crippen LogP contribution in [0.15, 0.2) is 35.3 Å². The van der Waals surface area contributed by atoms with Crippen molar-refractivity contribution in [3.05, 3.63) is 46.5 Å². The molecular formula is C24H33N7O. The van der Waals surface area contributed by atoms with Gasteiger partial charge in [-0.05, 0) is 63.5 Å². The highest BCUT2D eigenvalue weighted by Crippen LogP contribution is 2.29. The molecule has 3 aromatic rings. The maximum absolute atomic E-state index is 12.5. The fraction of sp³-hybridized carbons (Fsp3) is 0.542. The molecule has 2 fully saturated rings. The van der Waals surface area contributed by atoms with Gasteiger partial charge in [-0.3, -0.25) is 4.57 Å². The van der Waals surface area contributed by atoms with Crippen molar-refractivity contribution in [2.75, 3.05) is 25.5 Å². The summed E-state index contributed by atoms with van der Waals surface area (Å²) in [5, 5.41) is 6.98. The maximum Gasteiger partial charge on any atom is 0.327 e. The lowest BCUT2D eigenvalue weighted by atomic mass is 9.95. The van der Waals surface area contributed by atoms with E-state index in [1.807, 2.05) is 4.57 Å². The molecule has 0 radical (unpaired) electrons. The Morgan fingerprint density at radius 2 is 1.81 bits per heavy atom. The number of nitrogens with zero attached hydrogens (tertiary/aromatic N) is 4. The third kappa shape index (κ3) is 4.71. The van der Waals surface area contributed by atoms with E-state index in [1.54, 1.807) is 6.20 Å². The average molecular weight is 436 g/mol. The molecule has 5 rings (SSSR count).